The van der Waals surface area contributed by atoms with Crippen LogP contribution in [0.3, 0.4) is 0 Å². The van der Waals surface area contributed by atoms with Crippen molar-refractivity contribution in [1.29, 1.82) is 0 Å². The van der Waals surface area contributed by atoms with E-state index in [-0.39, 0.29) is 47.1 Å². The fraction of sp³-hybridized carbons (Fsp3) is 0.800. The van der Waals surface area contributed by atoms with Gasteiger partial charge in [0.2, 0.25) is 17.6 Å². The number of alkyl carbamates (subject to hydrolysis) is 1. The highest BCUT2D eigenvalue weighted by Gasteiger charge is 2.70. The Bertz CT molecular complexity index is 1190. The maximum Gasteiger partial charge on any atom is 0.408 e. The first-order chi connectivity index (χ1) is 21.3. The van der Waals surface area contributed by atoms with Gasteiger partial charge in [0.15, 0.2) is 0 Å². The Balaban J connectivity index is 1.33. The number of ether oxygens (including phenoxy) is 1. The number of rotatable bonds is 12. The first-order valence-corrected chi connectivity index (χ1v) is 17.3. The molecule has 5 fully saturated rings. The molecule has 4 unspecified atom stereocenters. The van der Waals surface area contributed by atoms with Crippen LogP contribution in [0.25, 0.3) is 0 Å². The quantitative estimate of drug-likeness (QED) is 0.220. The van der Waals surface area contributed by atoms with E-state index >= 15 is 0 Å². The predicted octanol–water partition coefficient (Wildman–Crippen LogP) is 4.13. The van der Waals surface area contributed by atoms with Crippen molar-refractivity contribution in [2.24, 2.45) is 40.4 Å². The fourth-order valence-electron chi connectivity index (χ4n) is 9.40. The Morgan fingerprint density at radius 2 is 1.69 bits per heavy atom. The summed E-state index contributed by atoms with van der Waals surface area (Å²) in [7, 11) is 0. The van der Waals surface area contributed by atoms with Crippen molar-refractivity contribution in [3.63, 3.8) is 0 Å². The Morgan fingerprint density at radius 3 is 2.31 bits per heavy atom. The molecule has 8 atom stereocenters. The van der Waals surface area contributed by atoms with E-state index in [1.807, 2.05) is 6.92 Å². The molecule has 4 saturated carbocycles. The average molecular weight is 627 g/mol. The lowest BCUT2D eigenvalue weighted by Crippen LogP contribution is -2.60. The smallest absolute Gasteiger partial charge is 0.408 e. The molecule has 0 radical (unpaired) electrons. The second-order valence-electron chi connectivity index (χ2n) is 15.5. The molecule has 4 aliphatic carbocycles. The average Bonchev–Trinajstić information content (AvgIpc) is 3.48. The molecule has 0 aromatic carbocycles. The third-order valence-corrected chi connectivity index (χ3v) is 12.2. The first kappa shape index (κ1) is 33.5. The largest absolute Gasteiger partial charge is 0.445 e. The zero-order chi connectivity index (χ0) is 32.7. The van der Waals surface area contributed by atoms with Crippen LogP contribution in [0.2, 0.25) is 0 Å². The maximum absolute atomic E-state index is 14.5. The van der Waals surface area contributed by atoms with Crippen LogP contribution in [0.4, 0.5) is 4.79 Å². The third kappa shape index (κ3) is 6.39. The lowest BCUT2D eigenvalue weighted by Gasteiger charge is -2.39. The van der Waals surface area contributed by atoms with Crippen LogP contribution in [-0.2, 0) is 23.9 Å². The molecule has 3 N–H and O–H groups in total. The molecule has 2 bridgehead atoms. The van der Waals surface area contributed by atoms with Crippen molar-refractivity contribution >= 4 is 29.6 Å². The summed E-state index contributed by atoms with van der Waals surface area (Å²) in [6.07, 6.45) is 9.71. The number of piperidine rings is 1. The molecule has 0 aromatic heterocycles. The zero-order valence-electron chi connectivity index (χ0n) is 27.9. The Kier molecular flexibility index (Phi) is 9.71. The van der Waals surface area contributed by atoms with Gasteiger partial charge in [-0.3, -0.25) is 19.2 Å². The zero-order valence-corrected chi connectivity index (χ0v) is 27.9. The Labute approximate surface area is 268 Å². The molecule has 5 aliphatic rings. The van der Waals surface area contributed by atoms with Crippen LogP contribution >= 0.6 is 0 Å². The summed E-state index contributed by atoms with van der Waals surface area (Å²) < 4.78 is 6.11. The van der Waals surface area contributed by atoms with Gasteiger partial charge in [-0.05, 0) is 73.5 Å². The number of Topliss-reactive ketones (excluding diaryl/α,β-unsaturated/α-hetero) is 1. The minimum Gasteiger partial charge on any atom is -0.445 e. The summed E-state index contributed by atoms with van der Waals surface area (Å²) in [5.41, 5.74) is -0.227. The molecular formula is C35H54N4O6. The molecule has 4 amide bonds. The van der Waals surface area contributed by atoms with E-state index in [1.165, 1.54) is 12.5 Å². The van der Waals surface area contributed by atoms with Crippen molar-refractivity contribution < 1.29 is 28.7 Å². The van der Waals surface area contributed by atoms with Gasteiger partial charge in [-0.15, -0.1) is 6.58 Å². The topological polar surface area (TPSA) is 134 Å². The molecule has 1 saturated heterocycles. The number of hydrogen-bond acceptors (Lipinski definition) is 6. The number of nitrogens with zero attached hydrogens (tertiary/aromatic N) is 1. The van der Waals surface area contributed by atoms with E-state index in [4.69, 9.17) is 4.74 Å². The van der Waals surface area contributed by atoms with Gasteiger partial charge in [0.25, 0.3) is 5.91 Å². The highest BCUT2D eigenvalue weighted by molar-refractivity contribution is 6.38. The van der Waals surface area contributed by atoms with Crippen molar-refractivity contribution in [2.75, 3.05) is 13.1 Å². The number of ketones is 1. The maximum atomic E-state index is 14.5. The molecule has 250 valence electrons. The number of amides is 4. The van der Waals surface area contributed by atoms with Crippen molar-refractivity contribution in [2.45, 2.75) is 123 Å². The van der Waals surface area contributed by atoms with E-state index in [0.29, 0.717) is 31.2 Å². The fourth-order valence-corrected chi connectivity index (χ4v) is 9.40. The summed E-state index contributed by atoms with van der Waals surface area (Å²) in [6, 6.07) is -2.56. The van der Waals surface area contributed by atoms with Gasteiger partial charge < -0.3 is 25.6 Å². The second-order valence-corrected chi connectivity index (χ2v) is 15.5. The number of carbonyl (C=O) groups excluding carboxylic acids is 5. The molecule has 0 spiro atoms. The van der Waals surface area contributed by atoms with E-state index < -0.39 is 41.8 Å². The van der Waals surface area contributed by atoms with Crippen LogP contribution in [-0.4, -0.2) is 71.8 Å². The van der Waals surface area contributed by atoms with Crippen LogP contribution in [0, 0.1) is 40.4 Å². The summed E-state index contributed by atoms with van der Waals surface area (Å²) >= 11 is 0. The lowest BCUT2D eigenvalue weighted by molar-refractivity contribution is -0.145. The first-order valence-electron chi connectivity index (χ1n) is 17.3. The van der Waals surface area contributed by atoms with Gasteiger partial charge in [-0.25, -0.2) is 4.79 Å². The standard InChI is InChI=1S/C35H54N4O6/c1-7-12-24(28(40)31(42)36-17-8-2)37-30(41)27-25-23(35(25,5)6)19-39(27)32(43)26(20-13-10-9-11-14-20)38-33(44)45-29-21-15-16-22(18-21)34(29,3)4/h8,20-27,29H,2,7,9-19H2,1,3-6H3,(H,36,42)(H,37,41)(H,38,44)/t21?,22?,23-,24?,25-,26-,27-,29?/m0/s1. The minimum absolute atomic E-state index is 0.0385. The molecular weight excluding hydrogens is 572 g/mol. The lowest BCUT2D eigenvalue weighted by atomic mass is 9.74. The molecule has 1 aliphatic heterocycles. The third-order valence-electron chi connectivity index (χ3n) is 12.2. The summed E-state index contributed by atoms with van der Waals surface area (Å²) in [4.78, 5) is 69.1. The monoisotopic (exact) mass is 626 g/mol. The summed E-state index contributed by atoms with van der Waals surface area (Å²) in [5, 5.41) is 8.36. The number of hydrogen-bond donors (Lipinski definition) is 3. The molecule has 45 heavy (non-hydrogen) atoms. The van der Waals surface area contributed by atoms with E-state index in [9.17, 15) is 24.0 Å². The van der Waals surface area contributed by atoms with Crippen molar-refractivity contribution in [1.82, 2.24) is 20.9 Å². The number of nitrogens with one attached hydrogen (secondary N) is 3. The van der Waals surface area contributed by atoms with Gasteiger partial charge in [0, 0.05) is 18.5 Å². The molecule has 10 heteroatoms. The van der Waals surface area contributed by atoms with Crippen LogP contribution in [0.5, 0.6) is 0 Å². The van der Waals surface area contributed by atoms with Crippen molar-refractivity contribution in [3.8, 4) is 0 Å². The highest BCUT2D eigenvalue weighted by Crippen LogP contribution is 2.65. The molecule has 10 nitrogen and oxygen atoms in total. The number of carbonyl (C=O) groups is 5. The summed E-state index contributed by atoms with van der Waals surface area (Å²) in [6.45, 7) is 14.6. The van der Waals surface area contributed by atoms with Crippen LogP contribution in [0.15, 0.2) is 12.7 Å². The van der Waals surface area contributed by atoms with E-state index in [2.05, 4.69) is 50.2 Å². The Morgan fingerprint density at radius 1 is 0.978 bits per heavy atom. The normalized spacial score (nSPS) is 32.2. The number of likely N-dealkylation sites (tertiary alicyclic amines) is 1. The van der Waals surface area contributed by atoms with Gasteiger partial charge in [0.05, 0.1) is 6.04 Å². The van der Waals surface area contributed by atoms with Crippen molar-refractivity contribution in [3.05, 3.63) is 12.7 Å². The van der Waals surface area contributed by atoms with Crippen LogP contribution in [0.1, 0.15) is 98.8 Å². The van der Waals surface area contributed by atoms with Gasteiger partial charge in [-0.1, -0.05) is 66.4 Å². The minimum atomic E-state index is -0.988. The Hall–Kier alpha value is -2.91. The number of fused-ring (bicyclic) bond motifs is 3. The van der Waals surface area contributed by atoms with Crippen LogP contribution < -0.4 is 16.0 Å². The van der Waals surface area contributed by atoms with Gasteiger partial charge in [0.1, 0.15) is 18.2 Å². The van der Waals surface area contributed by atoms with Gasteiger partial charge >= 0.3 is 6.09 Å². The molecule has 5 rings (SSSR count). The second kappa shape index (κ2) is 13.1. The van der Waals surface area contributed by atoms with E-state index in [0.717, 1.165) is 44.9 Å². The van der Waals surface area contributed by atoms with Gasteiger partial charge in [-0.2, -0.15) is 0 Å². The van der Waals surface area contributed by atoms with E-state index in [1.54, 1.807) is 4.90 Å². The molecule has 0 aromatic rings. The highest BCUT2D eigenvalue weighted by atomic mass is 16.6. The molecule has 1 heterocycles. The SMILES string of the molecule is C=CCNC(=O)C(=O)C(CCC)NC(=O)[C@@H]1[C@@H]2[C@H](CN1C(=O)[C@@H](NC(=O)OC1C3CCC(C3)C1(C)C)C1CCCCC1)C2(C)C. The predicted molar refractivity (Wildman–Crippen MR) is 170 cm³/mol. The summed E-state index contributed by atoms with van der Waals surface area (Å²) in [5.74, 6) is -1.20.